The van der Waals surface area contributed by atoms with Gasteiger partial charge in [-0.2, -0.15) is 8.42 Å². The molecule has 1 saturated heterocycles. The monoisotopic (exact) mass is 321 g/mol. The third kappa shape index (κ3) is 4.06. The molecule has 1 aromatic rings. The minimum Gasteiger partial charge on any atom is -0.475 e. The Labute approximate surface area is 121 Å². The molecule has 1 aliphatic rings. The van der Waals surface area contributed by atoms with Crippen molar-refractivity contribution in [1.29, 1.82) is 0 Å². The van der Waals surface area contributed by atoms with Crippen LogP contribution in [-0.2, 0) is 14.3 Å². The average Bonchev–Trinajstić information content (AvgIpc) is 2.38. The van der Waals surface area contributed by atoms with Crippen LogP contribution in [0.3, 0.4) is 0 Å². The van der Waals surface area contributed by atoms with E-state index in [1.807, 2.05) is 0 Å². The number of aliphatic hydroxyl groups is 2. The van der Waals surface area contributed by atoms with Gasteiger partial charge in [0, 0.05) is 11.9 Å². The second-order valence-electron chi connectivity index (χ2n) is 4.33. The molecule has 2 rings (SSSR count). The fraction of sp³-hybridized carbons (Fsp3) is 0.545. The van der Waals surface area contributed by atoms with Crippen LogP contribution >= 0.6 is 11.8 Å². The maximum absolute atomic E-state index is 11.3. The Kier molecular flexibility index (Phi) is 4.86. The van der Waals surface area contributed by atoms with E-state index in [2.05, 4.69) is 4.98 Å². The Bertz CT molecular complexity index is 537. The van der Waals surface area contributed by atoms with Gasteiger partial charge < -0.3 is 14.9 Å². The maximum Gasteiger partial charge on any atom is 0.264 e. The molecule has 0 saturated carbocycles. The molecule has 0 bridgehead atoms. The van der Waals surface area contributed by atoms with Gasteiger partial charge in [0.05, 0.1) is 18.6 Å². The SMILES string of the molecule is CS(=O)(=O)O[C@@H]1[C@@H](O)[C@H](O)CS[C@H]1Oc1cccnc1. The summed E-state index contributed by atoms with van der Waals surface area (Å²) in [6.45, 7) is 0. The van der Waals surface area contributed by atoms with E-state index in [1.54, 1.807) is 18.3 Å². The number of nitrogens with zero attached hydrogens (tertiary/aromatic N) is 1. The van der Waals surface area contributed by atoms with Crippen LogP contribution in [0.5, 0.6) is 5.75 Å². The highest BCUT2D eigenvalue weighted by Gasteiger charge is 2.42. The lowest BCUT2D eigenvalue weighted by Gasteiger charge is -2.36. The van der Waals surface area contributed by atoms with Gasteiger partial charge in [0.2, 0.25) is 0 Å². The third-order valence-electron chi connectivity index (χ3n) is 2.60. The van der Waals surface area contributed by atoms with Crippen LogP contribution in [0.2, 0.25) is 0 Å². The summed E-state index contributed by atoms with van der Waals surface area (Å²) >= 11 is 1.17. The molecular weight excluding hydrogens is 306 g/mol. The molecule has 0 aliphatic carbocycles. The molecule has 7 nitrogen and oxygen atoms in total. The summed E-state index contributed by atoms with van der Waals surface area (Å²) in [4.78, 5) is 3.88. The van der Waals surface area contributed by atoms with Gasteiger partial charge in [-0.1, -0.05) is 0 Å². The summed E-state index contributed by atoms with van der Waals surface area (Å²) in [6, 6.07) is 3.32. The van der Waals surface area contributed by atoms with Crippen molar-refractivity contribution in [3.63, 3.8) is 0 Å². The Morgan fingerprint density at radius 1 is 1.45 bits per heavy atom. The molecule has 0 unspecified atom stereocenters. The Hall–Kier alpha value is -0.870. The first-order chi connectivity index (χ1) is 9.37. The van der Waals surface area contributed by atoms with E-state index in [9.17, 15) is 18.6 Å². The van der Waals surface area contributed by atoms with Crippen molar-refractivity contribution in [1.82, 2.24) is 4.98 Å². The predicted molar refractivity (Wildman–Crippen MR) is 72.8 cm³/mol. The molecule has 0 radical (unpaired) electrons. The average molecular weight is 321 g/mol. The normalized spacial score (nSPS) is 30.9. The van der Waals surface area contributed by atoms with E-state index < -0.39 is 33.9 Å². The zero-order valence-corrected chi connectivity index (χ0v) is 12.3. The minimum absolute atomic E-state index is 0.218. The Morgan fingerprint density at radius 3 is 2.80 bits per heavy atom. The van der Waals surface area contributed by atoms with E-state index in [-0.39, 0.29) is 5.75 Å². The lowest BCUT2D eigenvalue weighted by Crippen LogP contribution is -2.52. The van der Waals surface area contributed by atoms with E-state index in [0.717, 1.165) is 6.26 Å². The number of aromatic nitrogens is 1. The molecule has 9 heteroatoms. The fourth-order valence-electron chi connectivity index (χ4n) is 1.72. The van der Waals surface area contributed by atoms with Crippen LogP contribution in [0, 0.1) is 0 Å². The molecule has 4 atom stereocenters. The molecule has 1 aliphatic heterocycles. The van der Waals surface area contributed by atoms with Crippen LogP contribution in [0.15, 0.2) is 24.5 Å². The summed E-state index contributed by atoms with van der Waals surface area (Å²) in [7, 11) is -3.79. The first-order valence-corrected chi connectivity index (χ1v) is 8.66. The largest absolute Gasteiger partial charge is 0.475 e. The lowest BCUT2D eigenvalue weighted by molar-refractivity contribution is -0.0648. The number of aliphatic hydroxyl groups excluding tert-OH is 2. The van der Waals surface area contributed by atoms with Crippen molar-refractivity contribution in [2.75, 3.05) is 12.0 Å². The van der Waals surface area contributed by atoms with Gasteiger partial charge in [-0.3, -0.25) is 9.17 Å². The van der Waals surface area contributed by atoms with Crippen molar-refractivity contribution in [2.45, 2.75) is 23.7 Å². The van der Waals surface area contributed by atoms with Gasteiger partial charge in [0.15, 0.2) is 11.5 Å². The molecule has 2 heterocycles. The van der Waals surface area contributed by atoms with Crippen molar-refractivity contribution < 1.29 is 27.6 Å². The van der Waals surface area contributed by atoms with Crippen LogP contribution in [0.4, 0.5) is 0 Å². The van der Waals surface area contributed by atoms with Gasteiger partial charge in [-0.25, -0.2) is 0 Å². The second-order valence-corrected chi connectivity index (χ2v) is 7.06. The molecule has 0 amide bonds. The standard InChI is InChI=1S/C11H15NO6S2/c1-20(15,16)18-10-9(14)8(13)6-19-11(10)17-7-3-2-4-12-5-7/h2-5,8-11,13-14H,6H2,1H3/t8-,9+,10-,11-/m1/s1. The number of hydrogen-bond donors (Lipinski definition) is 2. The Morgan fingerprint density at radius 2 is 2.20 bits per heavy atom. The van der Waals surface area contributed by atoms with Gasteiger partial charge in [-0.15, -0.1) is 11.8 Å². The minimum atomic E-state index is -3.79. The number of pyridine rings is 1. The fourth-order valence-corrected chi connectivity index (χ4v) is 3.58. The lowest BCUT2D eigenvalue weighted by atomic mass is 10.1. The predicted octanol–water partition coefficient (Wildman–Crippen LogP) is -0.400. The van der Waals surface area contributed by atoms with Crippen LogP contribution < -0.4 is 4.74 Å². The van der Waals surface area contributed by atoms with Crippen molar-refractivity contribution in [3.8, 4) is 5.75 Å². The highest BCUT2D eigenvalue weighted by molar-refractivity contribution is 7.99. The first-order valence-electron chi connectivity index (χ1n) is 5.79. The highest BCUT2D eigenvalue weighted by Crippen LogP contribution is 2.31. The molecule has 0 spiro atoms. The molecule has 1 fully saturated rings. The summed E-state index contributed by atoms with van der Waals surface area (Å²) < 4.78 is 32.9. The van der Waals surface area contributed by atoms with Gasteiger partial charge in [-0.05, 0) is 12.1 Å². The third-order valence-corrected chi connectivity index (χ3v) is 4.40. The quantitative estimate of drug-likeness (QED) is 0.722. The molecule has 0 aromatic carbocycles. The van der Waals surface area contributed by atoms with Gasteiger partial charge in [0.1, 0.15) is 11.9 Å². The van der Waals surface area contributed by atoms with Crippen molar-refractivity contribution in [2.24, 2.45) is 0 Å². The zero-order valence-electron chi connectivity index (χ0n) is 10.6. The first kappa shape index (κ1) is 15.5. The van der Waals surface area contributed by atoms with E-state index in [0.29, 0.717) is 5.75 Å². The molecule has 1 aromatic heterocycles. The van der Waals surface area contributed by atoms with E-state index >= 15 is 0 Å². The van der Waals surface area contributed by atoms with Crippen LogP contribution in [-0.4, -0.2) is 59.4 Å². The van der Waals surface area contributed by atoms with Crippen LogP contribution in [0.1, 0.15) is 0 Å². The summed E-state index contributed by atoms with van der Waals surface area (Å²) in [6.07, 6.45) is 0.332. The number of thioether (sulfide) groups is 1. The van der Waals surface area contributed by atoms with E-state index in [4.69, 9.17) is 8.92 Å². The topological polar surface area (TPSA) is 106 Å². The van der Waals surface area contributed by atoms with Crippen molar-refractivity contribution in [3.05, 3.63) is 24.5 Å². The van der Waals surface area contributed by atoms with Crippen LogP contribution in [0.25, 0.3) is 0 Å². The number of hydrogen-bond acceptors (Lipinski definition) is 8. The molecule has 20 heavy (non-hydrogen) atoms. The maximum atomic E-state index is 11.3. The molecular formula is C11H15NO6S2. The number of ether oxygens (including phenoxy) is 1. The molecule has 2 N–H and O–H groups in total. The van der Waals surface area contributed by atoms with Crippen molar-refractivity contribution >= 4 is 21.9 Å². The van der Waals surface area contributed by atoms with Gasteiger partial charge in [0.25, 0.3) is 10.1 Å². The summed E-state index contributed by atoms with van der Waals surface area (Å²) in [5, 5.41) is 19.5. The van der Waals surface area contributed by atoms with Gasteiger partial charge >= 0.3 is 0 Å². The number of rotatable bonds is 4. The smallest absolute Gasteiger partial charge is 0.264 e. The highest BCUT2D eigenvalue weighted by atomic mass is 32.2. The zero-order chi connectivity index (χ0) is 14.8. The second kappa shape index (κ2) is 6.27. The van der Waals surface area contributed by atoms with E-state index in [1.165, 1.54) is 18.0 Å². The summed E-state index contributed by atoms with van der Waals surface area (Å²) in [5.41, 5.74) is -0.757. The summed E-state index contributed by atoms with van der Waals surface area (Å²) in [5.74, 6) is 0.645. The Balaban J connectivity index is 2.16. The molecule has 112 valence electrons.